The number of amides is 1. The first kappa shape index (κ1) is 17.5. The van der Waals surface area contributed by atoms with Gasteiger partial charge >= 0.3 is 0 Å². The molecule has 0 aliphatic rings. The lowest BCUT2D eigenvalue weighted by atomic mass is 10.1. The molecule has 0 unspecified atom stereocenters. The molecule has 0 heterocycles. The van der Waals surface area contributed by atoms with Crippen LogP contribution in [0.25, 0.3) is 0 Å². The molecule has 1 N–H and O–H groups in total. The fourth-order valence-corrected chi connectivity index (χ4v) is 2.16. The summed E-state index contributed by atoms with van der Waals surface area (Å²) >= 11 is 0. The van der Waals surface area contributed by atoms with E-state index in [0.717, 1.165) is 30.0 Å². The van der Waals surface area contributed by atoms with Crippen LogP contribution in [0.1, 0.15) is 37.5 Å². The Bertz CT molecular complexity index is 461. The molecule has 0 aliphatic heterocycles. The largest absolute Gasteiger partial charge is 0.483 e. The summed E-state index contributed by atoms with van der Waals surface area (Å²) in [5.41, 5.74) is 3.38. The standard InChI is InChI=1S/C17H28N2O2/c1-7-18-10-15-8-13(4)17(14(5)9-15)21-11-16(20)19(6)12(2)3/h8-9,12,18H,7,10-11H2,1-6H3. The maximum atomic E-state index is 12.0. The third kappa shape index (κ3) is 5.05. The van der Waals surface area contributed by atoms with Gasteiger partial charge in [0.15, 0.2) is 6.61 Å². The van der Waals surface area contributed by atoms with Gasteiger partial charge in [0.05, 0.1) is 0 Å². The van der Waals surface area contributed by atoms with Gasteiger partial charge in [-0.15, -0.1) is 0 Å². The smallest absolute Gasteiger partial charge is 0.260 e. The summed E-state index contributed by atoms with van der Waals surface area (Å²) in [6.07, 6.45) is 0. The number of carbonyl (C=O) groups excluding carboxylic acids is 1. The Labute approximate surface area is 128 Å². The number of rotatable bonds is 7. The summed E-state index contributed by atoms with van der Waals surface area (Å²) in [5, 5.41) is 3.31. The highest BCUT2D eigenvalue weighted by Gasteiger charge is 2.14. The lowest BCUT2D eigenvalue weighted by Gasteiger charge is -2.22. The molecule has 4 heteroatoms. The molecule has 118 valence electrons. The van der Waals surface area contributed by atoms with Crippen molar-refractivity contribution in [2.75, 3.05) is 20.2 Å². The Hall–Kier alpha value is -1.55. The van der Waals surface area contributed by atoms with E-state index in [-0.39, 0.29) is 18.6 Å². The summed E-state index contributed by atoms with van der Waals surface area (Å²) in [6, 6.07) is 4.41. The van der Waals surface area contributed by atoms with Crippen molar-refractivity contribution in [3.63, 3.8) is 0 Å². The first-order valence-corrected chi connectivity index (χ1v) is 7.56. The zero-order valence-electron chi connectivity index (χ0n) is 14.1. The molecule has 0 aliphatic carbocycles. The average Bonchev–Trinajstić information content (AvgIpc) is 2.42. The summed E-state index contributed by atoms with van der Waals surface area (Å²) in [5.74, 6) is 0.821. The number of hydrogen-bond donors (Lipinski definition) is 1. The Kier molecular flexibility index (Phi) is 6.69. The Morgan fingerprint density at radius 3 is 2.33 bits per heavy atom. The third-order valence-corrected chi connectivity index (χ3v) is 3.61. The van der Waals surface area contributed by atoms with Crippen LogP contribution in [0.3, 0.4) is 0 Å². The number of hydrogen-bond acceptors (Lipinski definition) is 3. The Morgan fingerprint density at radius 1 is 1.29 bits per heavy atom. The van der Waals surface area contributed by atoms with Crippen LogP contribution >= 0.6 is 0 Å². The third-order valence-electron chi connectivity index (χ3n) is 3.61. The highest BCUT2D eigenvalue weighted by atomic mass is 16.5. The maximum absolute atomic E-state index is 12.0. The minimum absolute atomic E-state index is 0.000487. The predicted molar refractivity (Wildman–Crippen MR) is 86.7 cm³/mol. The fraction of sp³-hybridized carbons (Fsp3) is 0.588. The minimum Gasteiger partial charge on any atom is -0.483 e. The molecule has 0 fully saturated rings. The summed E-state index contributed by atoms with van der Waals surface area (Å²) in [6.45, 7) is 12.0. The van der Waals surface area contributed by atoms with Crippen LogP contribution < -0.4 is 10.1 Å². The minimum atomic E-state index is 0.000487. The number of nitrogens with one attached hydrogen (secondary N) is 1. The van der Waals surface area contributed by atoms with Gasteiger partial charge in [-0.2, -0.15) is 0 Å². The van der Waals surface area contributed by atoms with E-state index in [1.54, 1.807) is 11.9 Å². The molecule has 0 saturated heterocycles. The second-order valence-electron chi connectivity index (χ2n) is 5.73. The van der Waals surface area contributed by atoms with Gasteiger partial charge in [0.2, 0.25) is 0 Å². The molecular formula is C17H28N2O2. The quantitative estimate of drug-likeness (QED) is 0.840. The van der Waals surface area contributed by atoms with Gasteiger partial charge in [-0.1, -0.05) is 19.1 Å². The van der Waals surface area contributed by atoms with E-state index in [0.29, 0.717) is 0 Å². The zero-order chi connectivity index (χ0) is 16.0. The Morgan fingerprint density at radius 2 is 1.86 bits per heavy atom. The second-order valence-corrected chi connectivity index (χ2v) is 5.73. The van der Waals surface area contributed by atoms with Gasteiger partial charge in [0.1, 0.15) is 5.75 Å². The van der Waals surface area contributed by atoms with E-state index in [2.05, 4.69) is 24.4 Å². The van der Waals surface area contributed by atoms with Crippen molar-refractivity contribution in [3.8, 4) is 5.75 Å². The lowest BCUT2D eigenvalue weighted by molar-refractivity contribution is -0.133. The van der Waals surface area contributed by atoms with Crippen molar-refractivity contribution in [2.24, 2.45) is 0 Å². The van der Waals surface area contributed by atoms with Gasteiger partial charge in [-0.25, -0.2) is 0 Å². The normalized spacial score (nSPS) is 10.8. The molecule has 1 aromatic rings. The summed E-state index contributed by atoms with van der Waals surface area (Å²) < 4.78 is 5.75. The molecule has 0 atom stereocenters. The van der Waals surface area contributed by atoms with E-state index in [1.165, 1.54) is 5.56 Å². The van der Waals surface area contributed by atoms with Gasteiger partial charge in [-0.05, 0) is 50.9 Å². The number of ether oxygens (including phenoxy) is 1. The van der Waals surface area contributed by atoms with Crippen molar-refractivity contribution < 1.29 is 9.53 Å². The zero-order valence-corrected chi connectivity index (χ0v) is 14.1. The van der Waals surface area contributed by atoms with Gasteiger partial charge in [-0.3, -0.25) is 4.79 Å². The van der Waals surface area contributed by atoms with Gasteiger partial charge in [0, 0.05) is 19.6 Å². The summed E-state index contributed by atoms with van der Waals surface area (Å²) in [7, 11) is 1.80. The molecule has 0 radical (unpaired) electrons. The van der Waals surface area contributed by atoms with Crippen molar-refractivity contribution >= 4 is 5.91 Å². The lowest BCUT2D eigenvalue weighted by Crippen LogP contribution is -2.36. The fourth-order valence-electron chi connectivity index (χ4n) is 2.16. The van der Waals surface area contributed by atoms with Crippen molar-refractivity contribution in [2.45, 2.75) is 47.2 Å². The highest BCUT2D eigenvalue weighted by Crippen LogP contribution is 2.25. The topological polar surface area (TPSA) is 41.6 Å². The first-order chi connectivity index (χ1) is 9.86. The monoisotopic (exact) mass is 292 g/mol. The molecule has 0 saturated carbocycles. The van der Waals surface area contributed by atoms with Crippen LogP contribution in [0.15, 0.2) is 12.1 Å². The molecule has 1 amide bonds. The van der Waals surface area contributed by atoms with Crippen LogP contribution in [0.4, 0.5) is 0 Å². The SMILES string of the molecule is CCNCc1cc(C)c(OCC(=O)N(C)C(C)C)c(C)c1. The number of aryl methyl sites for hydroxylation is 2. The second kappa shape index (κ2) is 8.03. The van der Waals surface area contributed by atoms with E-state index in [9.17, 15) is 4.79 Å². The first-order valence-electron chi connectivity index (χ1n) is 7.56. The highest BCUT2D eigenvalue weighted by molar-refractivity contribution is 5.77. The van der Waals surface area contributed by atoms with Crippen LogP contribution in [-0.2, 0) is 11.3 Å². The van der Waals surface area contributed by atoms with Crippen molar-refractivity contribution in [1.29, 1.82) is 0 Å². The van der Waals surface area contributed by atoms with Gasteiger partial charge < -0.3 is 15.0 Å². The predicted octanol–water partition coefficient (Wildman–Crippen LogP) is 2.66. The number of nitrogens with zero attached hydrogens (tertiary/aromatic N) is 1. The van der Waals surface area contributed by atoms with Crippen molar-refractivity contribution in [3.05, 3.63) is 28.8 Å². The van der Waals surface area contributed by atoms with Crippen molar-refractivity contribution in [1.82, 2.24) is 10.2 Å². The van der Waals surface area contributed by atoms with Crippen LogP contribution in [0.5, 0.6) is 5.75 Å². The van der Waals surface area contributed by atoms with Crippen LogP contribution in [0, 0.1) is 13.8 Å². The molecular weight excluding hydrogens is 264 g/mol. The van der Waals surface area contributed by atoms with Crippen LogP contribution in [-0.4, -0.2) is 37.0 Å². The van der Waals surface area contributed by atoms with Gasteiger partial charge in [0.25, 0.3) is 5.91 Å². The molecule has 0 bridgehead atoms. The maximum Gasteiger partial charge on any atom is 0.260 e. The number of benzene rings is 1. The molecule has 21 heavy (non-hydrogen) atoms. The van der Waals surface area contributed by atoms with Crippen LogP contribution in [0.2, 0.25) is 0 Å². The molecule has 0 aromatic heterocycles. The van der Waals surface area contributed by atoms with E-state index in [1.807, 2.05) is 27.7 Å². The number of likely N-dealkylation sites (N-methyl/N-ethyl adjacent to an activating group) is 1. The number of carbonyl (C=O) groups is 1. The summed E-state index contributed by atoms with van der Waals surface area (Å²) in [4.78, 5) is 13.7. The molecule has 4 nitrogen and oxygen atoms in total. The Balaban J connectivity index is 2.74. The average molecular weight is 292 g/mol. The molecule has 1 rings (SSSR count). The van der Waals surface area contributed by atoms with E-state index < -0.39 is 0 Å². The molecule has 1 aromatic carbocycles. The van der Waals surface area contributed by atoms with E-state index in [4.69, 9.17) is 4.74 Å². The van der Waals surface area contributed by atoms with E-state index >= 15 is 0 Å². The molecule has 0 spiro atoms.